The molecule has 4 nitrogen and oxygen atoms in total. The molecule has 0 aliphatic rings. The Morgan fingerprint density at radius 3 is 2.62 bits per heavy atom. The maximum atomic E-state index is 11.0. The molecular weight excluding hydrogens is 360 g/mol. The lowest BCUT2D eigenvalue weighted by Gasteiger charge is -2.10. The third-order valence-electron chi connectivity index (χ3n) is 2.78. The van der Waals surface area contributed by atoms with Gasteiger partial charge in [0.15, 0.2) is 0 Å². The van der Waals surface area contributed by atoms with Crippen LogP contribution in [0.3, 0.4) is 0 Å². The van der Waals surface area contributed by atoms with Gasteiger partial charge < -0.3 is 14.6 Å². The highest BCUT2D eigenvalue weighted by molar-refractivity contribution is 9.10. The van der Waals surface area contributed by atoms with Crippen LogP contribution in [0.4, 0.5) is 0 Å². The summed E-state index contributed by atoms with van der Waals surface area (Å²) < 4.78 is 11.6. The Hall–Kier alpha value is -1.72. The maximum absolute atomic E-state index is 11.0. The fourth-order valence-electron chi connectivity index (χ4n) is 1.76. The number of carbonyl (C=O) groups is 1. The van der Waals surface area contributed by atoms with Crippen molar-refractivity contribution in [3.8, 4) is 11.5 Å². The standard InChI is InChI=1S/C15H12BrClO4/c1-20-14-6-9(2-4-11(14)15(18)19)8-21-13-5-3-10(16)7-12(13)17/h2-7H,8H2,1H3,(H,18,19). The molecule has 0 aliphatic carbocycles. The van der Waals surface area contributed by atoms with Crippen LogP contribution < -0.4 is 9.47 Å². The number of halogens is 2. The Bertz CT molecular complexity index is 673. The van der Waals surface area contributed by atoms with E-state index in [1.165, 1.54) is 13.2 Å². The molecule has 0 aliphatic heterocycles. The monoisotopic (exact) mass is 370 g/mol. The normalized spacial score (nSPS) is 10.2. The number of aromatic carboxylic acids is 1. The zero-order valence-corrected chi connectivity index (χ0v) is 13.4. The second-order valence-corrected chi connectivity index (χ2v) is 5.53. The first-order valence-electron chi connectivity index (χ1n) is 5.99. The smallest absolute Gasteiger partial charge is 0.339 e. The number of methoxy groups -OCH3 is 1. The van der Waals surface area contributed by atoms with Gasteiger partial charge in [0.1, 0.15) is 23.7 Å². The molecule has 6 heteroatoms. The van der Waals surface area contributed by atoms with E-state index in [1.54, 1.807) is 24.3 Å². The van der Waals surface area contributed by atoms with Gasteiger partial charge >= 0.3 is 5.97 Å². The molecule has 110 valence electrons. The highest BCUT2D eigenvalue weighted by atomic mass is 79.9. The fourth-order valence-corrected chi connectivity index (χ4v) is 2.48. The van der Waals surface area contributed by atoms with Crippen molar-refractivity contribution in [2.45, 2.75) is 6.61 Å². The lowest BCUT2D eigenvalue weighted by atomic mass is 10.1. The second kappa shape index (κ2) is 6.83. The number of carboxylic acid groups (broad SMARTS) is 1. The Labute approximate surface area is 135 Å². The SMILES string of the molecule is COc1cc(COc2ccc(Br)cc2Cl)ccc1C(=O)O. The number of hydrogen-bond acceptors (Lipinski definition) is 3. The minimum atomic E-state index is -1.03. The summed E-state index contributed by atoms with van der Waals surface area (Å²) in [6.45, 7) is 0.262. The molecule has 2 aromatic carbocycles. The molecule has 2 aromatic rings. The molecule has 0 spiro atoms. The maximum Gasteiger partial charge on any atom is 0.339 e. The van der Waals surface area contributed by atoms with Crippen molar-refractivity contribution >= 4 is 33.5 Å². The summed E-state index contributed by atoms with van der Waals surface area (Å²) in [5.74, 6) is -0.179. The number of benzene rings is 2. The molecular formula is C15H12BrClO4. The number of rotatable bonds is 5. The average molecular weight is 372 g/mol. The third-order valence-corrected chi connectivity index (χ3v) is 3.57. The molecule has 0 saturated heterocycles. The first-order valence-corrected chi connectivity index (χ1v) is 7.16. The van der Waals surface area contributed by atoms with Crippen LogP contribution >= 0.6 is 27.5 Å². The quantitative estimate of drug-likeness (QED) is 0.847. The van der Waals surface area contributed by atoms with E-state index in [-0.39, 0.29) is 12.2 Å². The van der Waals surface area contributed by atoms with Gasteiger partial charge in [0, 0.05) is 4.47 Å². The van der Waals surface area contributed by atoms with E-state index < -0.39 is 5.97 Å². The number of ether oxygens (including phenoxy) is 2. The van der Waals surface area contributed by atoms with Crippen molar-refractivity contribution in [1.82, 2.24) is 0 Å². The van der Waals surface area contributed by atoms with Gasteiger partial charge in [-0.2, -0.15) is 0 Å². The van der Waals surface area contributed by atoms with Crippen LogP contribution in [0, 0.1) is 0 Å². The summed E-state index contributed by atoms with van der Waals surface area (Å²) in [6.07, 6.45) is 0. The molecule has 2 rings (SSSR count). The summed E-state index contributed by atoms with van der Waals surface area (Å²) in [4.78, 5) is 11.0. The average Bonchev–Trinajstić information content (AvgIpc) is 2.45. The molecule has 0 saturated carbocycles. The van der Waals surface area contributed by atoms with Crippen molar-refractivity contribution in [3.63, 3.8) is 0 Å². The molecule has 0 amide bonds. The molecule has 0 radical (unpaired) electrons. The van der Waals surface area contributed by atoms with Gasteiger partial charge in [-0.05, 0) is 35.9 Å². The van der Waals surface area contributed by atoms with Gasteiger partial charge in [-0.25, -0.2) is 4.79 Å². The summed E-state index contributed by atoms with van der Waals surface area (Å²) >= 11 is 9.38. The predicted octanol–water partition coefficient (Wildman–Crippen LogP) is 4.39. The van der Waals surface area contributed by atoms with Crippen LogP contribution in [0.2, 0.25) is 5.02 Å². The predicted molar refractivity (Wildman–Crippen MR) is 83.4 cm³/mol. The fraction of sp³-hybridized carbons (Fsp3) is 0.133. The molecule has 0 bridgehead atoms. The summed E-state index contributed by atoms with van der Waals surface area (Å²) in [5, 5.41) is 9.52. The van der Waals surface area contributed by atoms with Crippen LogP contribution in [0.15, 0.2) is 40.9 Å². The van der Waals surface area contributed by atoms with Crippen molar-refractivity contribution in [2.24, 2.45) is 0 Å². The van der Waals surface area contributed by atoms with Crippen LogP contribution in [-0.2, 0) is 6.61 Å². The van der Waals surface area contributed by atoms with Crippen LogP contribution in [0.5, 0.6) is 11.5 Å². The number of hydrogen-bond donors (Lipinski definition) is 1. The topological polar surface area (TPSA) is 55.8 Å². The van der Waals surface area contributed by atoms with Gasteiger partial charge in [-0.1, -0.05) is 33.6 Å². The zero-order chi connectivity index (χ0) is 15.4. The van der Waals surface area contributed by atoms with Crippen LogP contribution in [-0.4, -0.2) is 18.2 Å². The van der Waals surface area contributed by atoms with Gasteiger partial charge in [0.25, 0.3) is 0 Å². The van der Waals surface area contributed by atoms with Crippen molar-refractivity contribution in [1.29, 1.82) is 0 Å². The lowest BCUT2D eigenvalue weighted by molar-refractivity contribution is 0.0693. The first-order chi connectivity index (χ1) is 10.0. The van der Waals surface area contributed by atoms with E-state index in [0.717, 1.165) is 10.0 Å². The molecule has 0 heterocycles. The highest BCUT2D eigenvalue weighted by Crippen LogP contribution is 2.29. The van der Waals surface area contributed by atoms with Crippen LogP contribution in [0.1, 0.15) is 15.9 Å². The van der Waals surface area contributed by atoms with E-state index in [4.69, 9.17) is 26.2 Å². The van der Waals surface area contributed by atoms with Gasteiger partial charge in [-0.15, -0.1) is 0 Å². The lowest BCUT2D eigenvalue weighted by Crippen LogP contribution is -2.03. The van der Waals surface area contributed by atoms with Crippen molar-refractivity contribution < 1.29 is 19.4 Å². The molecule has 0 atom stereocenters. The summed E-state index contributed by atoms with van der Waals surface area (Å²) in [6, 6.07) is 10.1. The van der Waals surface area contributed by atoms with Gasteiger partial charge in [0.05, 0.1) is 12.1 Å². The summed E-state index contributed by atoms with van der Waals surface area (Å²) in [5.41, 5.74) is 0.902. The van der Waals surface area contributed by atoms with E-state index >= 15 is 0 Å². The molecule has 21 heavy (non-hydrogen) atoms. The minimum absolute atomic E-state index is 0.114. The van der Waals surface area contributed by atoms with E-state index in [2.05, 4.69) is 15.9 Å². The zero-order valence-electron chi connectivity index (χ0n) is 11.1. The molecule has 0 unspecified atom stereocenters. The Morgan fingerprint density at radius 1 is 1.24 bits per heavy atom. The Morgan fingerprint density at radius 2 is 2.00 bits per heavy atom. The summed E-state index contributed by atoms with van der Waals surface area (Å²) in [7, 11) is 1.43. The highest BCUT2D eigenvalue weighted by Gasteiger charge is 2.11. The first kappa shape index (κ1) is 15.7. The third kappa shape index (κ3) is 3.89. The molecule has 1 N–H and O–H groups in total. The van der Waals surface area contributed by atoms with Crippen molar-refractivity contribution in [3.05, 3.63) is 57.0 Å². The van der Waals surface area contributed by atoms with E-state index in [1.807, 2.05) is 6.07 Å². The Kier molecular flexibility index (Phi) is 5.09. The number of carboxylic acids is 1. The van der Waals surface area contributed by atoms with Gasteiger partial charge in [0.2, 0.25) is 0 Å². The minimum Gasteiger partial charge on any atom is -0.496 e. The van der Waals surface area contributed by atoms with Crippen LogP contribution in [0.25, 0.3) is 0 Å². The second-order valence-electron chi connectivity index (χ2n) is 4.20. The molecule has 0 fully saturated rings. The van der Waals surface area contributed by atoms with E-state index in [9.17, 15) is 4.79 Å². The van der Waals surface area contributed by atoms with Crippen molar-refractivity contribution in [2.75, 3.05) is 7.11 Å². The largest absolute Gasteiger partial charge is 0.496 e. The Balaban J connectivity index is 2.15. The van der Waals surface area contributed by atoms with E-state index in [0.29, 0.717) is 16.5 Å². The van der Waals surface area contributed by atoms with Gasteiger partial charge in [-0.3, -0.25) is 0 Å². The molecule has 0 aromatic heterocycles.